The van der Waals surface area contributed by atoms with E-state index in [4.69, 9.17) is 0 Å². The summed E-state index contributed by atoms with van der Waals surface area (Å²) in [4.78, 5) is 2.61. The van der Waals surface area contributed by atoms with Crippen LogP contribution >= 0.6 is 0 Å². The van der Waals surface area contributed by atoms with Gasteiger partial charge in [-0.2, -0.15) is 0 Å². The average molecular weight is 309 g/mol. The third-order valence-electron chi connectivity index (χ3n) is 5.51. The van der Waals surface area contributed by atoms with Crippen molar-refractivity contribution in [2.24, 2.45) is 0 Å². The number of hydrogen-bond acceptors (Lipinski definition) is 3. The van der Waals surface area contributed by atoms with Crippen LogP contribution in [-0.4, -0.2) is 27.7 Å². The SMILES string of the molecule is Oc1ccc2c(c1O)CC[C@H]1[C@@H]2CCCN1Cc1ccccc1. The second kappa shape index (κ2) is 5.89. The summed E-state index contributed by atoms with van der Waals surface area (Å²) in [7, 11) is 0. The van der Waals surface area contributed by atoms with E-state index in [1.165, 1.54) is 24.0 Å². The second-order valence-corrected chi connectivity index (χ2v) is 6.81. The van der Waals surface area contributed by atoms with Gasteiger partial charge in [0.2, 0.25) is 0 Å². The predicted molar refractivity (Wildman–Crippen MR) is 90.7 cm³/mol. The molecule has 4 rings (SSSR count). The van der Waals surface area contributed by atoms with Gasteiger partial charge in [-0.3, -0.25) is 4.90 Å². The minimum absolute atomic E-state index is 0.0131. The molecule has 3 heteroatoms. The fourth-order valence-corrected chi connectivity index (χ4v) is 4.43. The number of likely N-dealkylation sites (tertiary alicyclic amines) is 1. The highest BCUT2D eigenvalue weighted by Gasteiger charge is 2.37. The molecular formula is C20H23NO2. The largest absolute Gasteiger partial charge is 0.504 e. The van der Waals surface area contributed by atoms with Gasteiger partial charge in [0, 0.05) is 18.2 Å². The number of hydrogen-bond donors (Lipinski definition) is 2. The van der Waals surface area contributed by atoms with Gasteiger partial charge in [-0.05, 0) is 55.3 Å². The number of rotatable bonds is 2. The topological polar surface area (TPSA) is 43.7 Å². The first-order chi connectivity index (χ1) is 11.2. The van der Waals surface area contributed by atoms with E-state index in [0.717, 1.165) is 31.5 Å². The summed E-state index contributed by atoms with van der Waals surface area (Å²) in [6.07, 6.45) is 4.27. The van der Waals surface area contributed by atoms with Gasteiger partial charge >= 0.3 is 0 Å². The van der Waals surface area contributed by atoms with E-state index in [-0.39, 0.29) is 11.5 Å². The van der Waals surface area contributed by atoms with Gasteiger partial charge in [-0.1, -0.05) is 36.4 Å². The lowest BCUT2D eigenvalue weighted by Gasteiger charge is -2.45. The first-order valence-electron chi connectivity index (χ1n) is 8.55. The summed E-state index contributed by atoms with van der Waals surface area (Å²) in [5.74, 6) is 0.586. The standard InChI is InChI=1S/C20H23NO2/c22-19-11-9-15-16-7-4-12-21(13-14-5-2-1-3-6-14)18(16)10-8-17(15)20(19)23/h1-3,5-6,9,11,16,18,22-23H,4,7-8,10,12-13H2/t16-,18+/m1/s1. The van der Waals surface area contributed by atoms with Gasteiger partial charge in [0.15, 0.2) is 11.5 Å². The van der Waals surface area contributed by atoms with Crippen molar-refractivity contribution in [1.82, 2.24) is 4.90 Å². The van der Waals surface area contributed by atoms with E-state index < -0.39 is 0 Å². The fraction of sp³-hybridized carbons (Fsp3) is 0.400. The molecule has 3 nitrogen and oxygen atoms in total. The summed E-state index contributed by atoms with van der Waals surface area (Å²) in [5.41, 5.74) is 3.58. The zero-order valence-corrected chi connectivity index (χ0v) is 13.3. The average Bonchev–Trinajstić information content (AvgIpc) is 2.59. The van der Waals surface area contributed by atoms with Crippen molar-refractivity contribution in [2.75, 3.05) is 6.54 Å². The van der Waals surface area contributed by atoms with Gasteiger partial charge in [-0.15, -0.1) is 0 Å². The van der Waals surface area contributed by atoms with Crippen molar-refractivity contribution in [2.45, 2.75) is 44.2 Å². The second-order valence-electron chi connectivity index (χ2n) is 6.81. The monoisotopic (exact) mass is 309 g/mol. The zero-order chi connectivity index (χ0) is 15.8. The van der Waals surface area contributed by atoms with E-state index in [1.54, 1.807) is 6.07 Å². The molecule has 1 aliphatic carbocycles. The van der Waals surface area contributed by atoms with Crippen LogP contribution < -0.4 is 0 Å². The Balaban J connectivity index is 1.62. The molecule has 2 N–H and O–H groups in total. The highest BCUT2D eigenvalue weighted by molar-refractivity contribution is 5.51. The Bertz CT molecular complexity index is 698. The van der Waals surface area contributed by atoms with Gasteiger partial charge in [0.25, 0.3) is 0 Å². The van der Waals surface area contributed by atoms with Crippen molar-refractivity contribution in [1.29, 1.82) is 0 Å². The van der Waals surface area contributed by atoms with Crippen LogP contribution in [0.25, 0.3) is 0 Å². The van der Waals surface area contributed by atoms with Gasteiger partial charge in [0.05, 0.1) is 0 Å². The van der Waals surface area contributed by atoms with Crippen LogP contribution in [0.1, 0.15) is 41.9 Å². The molecule has 2 aliphatic rings. The highest BCUT2D eigenvalue weighted by atomic mass is 16.3. The van der Waals surface area contributed by atoms with Gasteiger partial charge in [-0.25, -0.2) is 0 Å². The van der Waals surface area contributed by atoms with Crippen LogP contribution in [0.5, 0.6) is 11.5 Å². The third kappa shape index (κ3) is 2.59. The van der Waals surface area contributed by atoms with Crippen molar-refractivity contribution in [3.8, 4) is 11.5 Å². The Morgan fingerprint density at radius 2 is 1.83 bits per heavy atom. The summed E-state index contributed by atoms with van der Waals surface area (Å²) in [6, 6.07) is 14.9. The lowest BCUT2D eigenvalue weighted by atomic mass is 9.74. The molecule has 0 radical (unpaired) electrons. The fourth-order valence-electron chi connectivity index (χ4n) is 4.43. The molecule has 2 aromatic rings. The van der Waals surface area contributed by atoms with Crippen molar-refractivity contribution in [3.63, 3.8) is 0 Å². The Morgan fingerprint density at radius 1 is 1.00 bits per heavy atom. The molecular weight excluding hydrogens is 286 g/mol. The van der Waals surface area contributed by atoms with E-state index in [2.05, 4.69) is 35.2 Å². The number of phenolic OH excluding ortho intramolecular Hbond substituents is 2. The molecule has 0 bridgehead atoms. The van der Waals surface area contributed by atoms with Gasteiger partial charge in [0.1, 0.15) is 0 Å². The highest BCUT2D eigenvalue weighted by Crippen LogP contribution is 2.45. The molecule has 0 amide bonds. The van der Waals surface area contributed by atoms with Crippen molar-refractivity contribution < 1.29 is 10.2 Å². The molecule has 1 aliphatic heterocycles. The first kappa shape index (κ1) is 14.6. The smallest absolute Gasteiger partial charge is 0.160 e. The third-order valence-corrected chi connectivity index (χ3v) is 5.51. The minimum Gasteiger partial charge on any atom is -0.504 e. The maximum absolute atomic E-state index is 10.2. The van der Waals surface area contributed by atoms with Crippen LogP contribution in [0.15, 0.2) is 42.5 Å². The summed E-state index contributed by atoms with van der Waals surface area (Å²) in [5, 5.41) is 19.9. The molecule has 2 aromatic carbocycles. The Labute approximate surface area is 137 Å². The zero-order valence-electron chi connectivity index (χ0n) is 13.3. The molecule has 0 spiro atoms. The maximum atomic E-state index is 10.2. The lowest BCUT2D eigenvalue weighted by Crippen LogP contribution is -2.45. The van der Waals surface area contributed by atoms with Crippen LogP contribution in [0, 0.1) is 0 Å². The Morgan fingerprint density at radius 3 is 2.65 bits per heavy atom. The van der Waals surface area contributed by atoms with E-state index in [9.17, 15) is 10.2 Å². The molecule has 0 unspecified atom stereocenters. The summed E-state index contributed by atoms with van der Waals surface area (Å²) >= 11 is 0. The summed E-state index contributed by atoms with van der Waals surface area (Å²) < 4.78 is 0. The van der Waals surface area contributed by atoms with Gasteiger partial charge < -0.3 is 10.2 Å². The van der Waals surface area contributed by atoms with Crippen LogP contribution in [0.2, 0.25) is 0 Å². The predicted octanol–water partition coefficient (Wildman–Crippen LogP) is 3.79. The summed E-state index contributed by atoms with van der Waals surface area (Å²) in [6.45, 7) is 2.15. The Kier molecular flexibility index (Phi) is 3.74. The number of piperidine rings is 1. The van der Waals surface area contributed by atoms with E-state index in [1.807, 2.05) is 6.07 Å². The van der Waals surface area contributed by atoms with E-state index >= 15 is 0 Å². The van der Waals surface area contributed by atoms with Crippen LogP contribution in [0.3, 0.4) is 0 Å². The molecule has 120 valence electrons. The number of fused-ring (bicyclic) bond motifs is 3. The van der Waals surface area contributed by atoms with Crippen LogP contribution in [-0.2, 0) is 13.0 Å². The van der Waals surface area contributed by atoms with Crippen molar-refractivity contribution in [3.05, 3.63) is 59.2 Å². The molecule has 2 atom stereocenters. The number of nitrogens with zero attached hydrogens (tertiary/aromatic N) is 1. The van der Waals surface area contributed by atoms with Crippen molar-refractivity contribution >= 4 is 0 Å². The van der Waals surface area contributed by atoms with Crippen LogP contribution in [0.4, 0.5) is 0 Å². The normalized spacial score (nSPS) is 24.0. The lowest BCUT2D eigenvalue weighted by molar-refractivity contribution is 0.104. The number of aromatic hydroxyl groups is 2. The maximum Gasteiger partial charge on any atom is 0.160 e. The molecule has 0 aromatic heterocycles. The number of phenols is 2. The molecule has 0 saturated carbocycles. The first-order valence-corrected chi connectivity index (χ1v) is 8.55. The minimum atomic E-state index is 0.0131. The molecule has 1 heterocycles. The molecule has 1 saturated heterocycles. The number of benzene rings is 2. The molecule has 23 heavy (non-hydrogen) atoms. The quantitative estimate of drug-likeness (QED) is 0.830. The molecule has 1 fully saturated rings. The van der Waals surface area contributed by atoms with E-state index in [0.29, 0.717) is 12.0 Å². The Hall–Kier alpha value is -2.00.